The molecule has 0 aliphatic carbocycles. The molecule has 0 unspecified atom stereocenters. The number of ether oxygens (including phenoxy) is 1. The molecule has 2 aromatic rings. The van der Waals surface area contributed by atoms with Crippen LogP contribution >= 0.6 is 11.8 Å². The van der Waals surface area contributed by atoms with Crippen LogP contribution in [-0.4, -0.2) is 55.9 Å². The summed E-state index contributed by atoms with van der Waals surface area (Å²) in [6, 6.07) is 0. The normalized spacial score (nSPS) is 14.7. The fourth-order valence-electron chi connectivity index (χ4n) is 3.13. The van der Waals surface area contributed by atoms with Gasteiger partial charge < -0.3 is 9.64 Å². The maximum atomic E-state index is 12.7. The van der Waals surface area contributed by atoms with Gasteiger partial charge in [0.05, 0.1) is 5.75 Å². The molecule has 0 saturated carbocycles. The van der Waals surface area contributed by atoms with E-state index in [1.54, 1.807) is 7.05 Å². The van der Waals surface area contributed by atoms with Crippen molar-refractivity contribution in [3.63, 3.8) is 0 Å². The summed E-state index contributed by atoms with van der Waals surface area (Å²) in [5.74, 6) is 0.576. The highest BCUT2D eigenvalue weighted by molar-refractivity contribution is 8.00. The van der Waals surface area contributed by atoms with Crippen molar-refractivity contribution in [2.75, 3.05) is 26.0 Å². The van der Waals surface area contributed by atoms with Gasteiger partial charge in [0.25, 0.3) is 5.56 Å². The summed E-state index contributed by atoms with van der Waals surface area (Å²) in [7, 11) is 4.49. The first kappa shape index (κ1) is 19.6. The molecule has 0 spiro atoms. The lowest BCUT2D eigenvalue weighted by Crippen LogP contribution is -2.38. The lowest BCUT2D eigenvalue weighted by atomic mass is 10.1. The summed E-state index contributed by atoms with van der Waals surface area (Å²) in [5, 5.41) is 0.643. The Balaban J connectivity index is 2.01. The molecule has 1 aliphatic heterocycles. The van der Waals surface area contributed by atoms with Gasteiger partial charge in [-0.3, -0.25) is 18.7 Å². The molecule has 0 atom stereocenters. The second-order valence-corrected chi connectivity index (χ2v) is 7.48. The van der Waals surface area contributed by atoms with Crippen molar-refractivity contribution in [2.24, 2.45) is 14.1 Å². The number of aryl methyl sites for hydroxylation is 1. The molecule has 0 N–H and O–H groups in total. The van der Waals surface area contributed by atoms with Crippen molar-refractivity contribution in [3.05, 3.63) is 26.7 Å². The van der Waals surface area contributed by atoms with Crippen molar-refractivity contribution < 1.29 is 9.53 Å². The Bertz CT molecular complexity index is 978. The van der Waals surface area contributed by atoms with Gasteiger partial charge >= 0.3 is 5.69 Å². The Labute approximate surface area is 160 Å². The van der Waals surface area contributed by atoms with Gasteiger partial charge in [-0.25, -0.2) is 14.8 Å². The third-order valence-corrected chi connectivity index (χ3v) is 5.59. The maximum Gasteiger partial charge on any atom is 0.332 e. The molecular formula is C17H23N5O4S. The number of likely N-dealkylation sites (tertiary alicyclic amines) is 1. The second kappa shape index (κ2) is 8.22. The average molecular weight is 393 g/mol. The number of carbonyl (C=O) groups is 1. The number of thioether (sulfide) groups is 1. The van der Waals surface area contributed by atoms with Crippen LogP contribution in [0, 0.1) is 0 Å². The summed E-state index contributed by atoms with van der Waals surface area (Å²) in [4.78, 5) is 47.9. The minimum atomic E-state index is -0.468. The fraction of sp³-hybridized carbons (Fsp3) is 0.588. The monoisotopic (exact) mass is 393 g/mol. The highest BCUT2D eigenvalue weighted by Crippen LogP contribution is 2.23. The van der Waals surface area contributed by atoms with Crippen molar-refractivity contribution in [2.45, 2.75) is 30.9 Å². The van der Waals surface area contributed by atoms with Crippen molar-refractivity contribution >= 4 is 28.7 Å². The molecule has 0 radical (unpaired) electrons. The van der Waals surface area contributed by atoms with Crippen LogP contribution in [0.2, 0.25) is 0 Å². The van der Waals surface area contributed by atoms with Gasteiger partial charge in [-0.2, -0.15) is 0 Å². The summed E-state index contributed by atoms with van der Waals surface area (Å²) in [6.07, 6.45) is 3.19. The Morgan fingerprint density at radius 2 is 1.81 bits per heavy atom. The number of fused-ring (bicyclic) bond motifs is 1. The van der Waals surface area contributed by atoms with Gasteiger partial charge in [-0.1, -0.05) is 11.8 Å². The van der Waals surface area contributed by atoms with E-state index in [0.717, 1.165) is 36.9 Å². The third-order valence-electron chi connectivity index (χ3n) is 4.63. The molecule has 1 amide bonds. The molecule has 2 aromatic heterocycles. The summed E-state index contributed by atoms with van der Waals surface area (Å²) in [5.41, 5.74) is -0.682. The van der Waals surface area contributed by atoms with Crippen molar-refractivity contribution in [3.8, 4) is 0 Å². The van der Waals surface area contributed by atoms with Crippen LogP contribution in [0.15, 0.2) is 14.6 Å². The number of piperidine rings is 1. The molecule has 27 heavy (non-hydrogen) atoms. The van der Waals surface area contributed by atoms with E-state index in [0.29, 0.717) is 10.9 Å². The van der Waals surface area contributed by atoms with E-state index in [-0.39, 0.29) is 29.3 Å². The number of carbonyl (C=O) groups excluding carboxylic acids is 1. The number of nitrogens with zero attached hydrogens (tertiary/aromatic N) is 5. The van der Waals surface area contributed by atoms with Crippen LogP contribution in [-0.2, 0) is 30.2 Å². The number of aromatic nitrogens is 4. The number of methoxy groups -OCH3 is 1. The molecular weight excluding hydrogens is 370 g/mol. The number of hydrogen-bond donors (Lipinski definition) is 0. The van der Waals surface area contributed by atoms with Gasteiger partial charge in [0, 0.05) is 34.3 Å². The zero-order valence-electron chi connectivity index (χ0n) is 15.7. The molecule has 1 aliphatic rings. The van der Waals surface area contributed by atoms with Gasteiger partial charge in [0.15, 0.2) is 11.5 Å². The van der Waals surface area contributed by atoms with Crippen LogP contribution < -0.4 is 11.2 Å². The topological polar surface area (TPSA) is 99.3 Å². The van der Waals surface area contributed by atoms with Crippen LogP contribution in [0.3, 0.4) is 0 Å². The molecule has 146 valence electrons. The lowest BCUT2D eigenvalue weighted by molar-refractivity contribution is -0.129. The van der Waals surface area contributed by atoms with Crippen molar-refractivity contribution in [1.82, 2.24) is 24.0 Å². The summed E-state index contributed by atoms with van der Waals surface area (Å²) < 4.78 is 7.44. The van der Waals surface area contributed by atoms with Crippen LogP contribution in [0.5, 0.6) is 0 Å². The zero-order valence-corrected chi connectivity index (χ0v) is 16.5. The first-order valence-electron chi connectivity index (χ1n) is 8.80. The van der Waals surface area contributed by atoms with E-state index in [1.807, 2.05) is 4.90 Å². The average Bonchev–Trinajstić information content (AvgIpc) is 2.69. The maximum absolute atomic E-state index is 12.7. The molecule has 0 aromatic carbocycles. The quantitative estimate of drug-likeness (QED) is 0.531. The molecule has 1 fully saturated rings. The van der Waals surface area contributed by atoms with Crippen LogP contribution in [0.4, 0.5) is 0 Å². The zero-order chi connectivity index (χ0) is 19.6. The van der Waals surface area contributed by atoms with Crippen molar-refractivity contribution in [1.29, 1.82) is 0 Å². The molecule has 3 heterocycles. The predicted molar refractivity (Wildman–Crippen MR) is 102 cm³/mol. The highest BCUT2D eigenvalue weighted by atomic mass is 32.2. The molecule has 9 nitrogen and oxygen atoms in total. The Hall–Kier alpha value is -2.20. The standard InChI is InChI=1S/C17H23N5O4S/c1-20-14-13(16(24)21(2)17(20)25)15(19-11(18-14)9-26-3)27-10-12(23)22-7-5-4-6-8-22/h4-10H2,1-3H3. The Morgan fingerprint density at radius 3 is 2.48 bits per heavy atom. The van der Waals surface area contributed by atoms with E-state index in [9.17, 15) is 14.4 Å². The SMILES string of the molecule is COCc1nc(SCC(=O)N2CCCCC2)c2c(=O)n(C)c(=O)n(C)c2n1. The number of hydrogen-bond acceptors (Lipinski definition) is 7. The summed E-state index contributed by atoms with van der Waals surface area (Å²) >= 11 is 1.20. The highest BCUT2D eigenvalue weighted by Gasteiger charge is 2.21. The molecule has 10 heteroatoms. The van der Waals surface area contributed by atoms with E-state index < -0.39 is 11.2 Å². The first-order valence-corrected chi connectivity index (χ1v) is 9.78. The smallest absolute Gasteiger partial charge is 0.332 e. The summed E-state index contributed by atoms with van der Waals surface area (Å²) in [6.45, 7) is 1.69. The molecule has 0 bridgehead atoms. The van der Waals surface area contributed by atoms with E-state index in [4.69, 9.17) is 4.74 Å². The first-order chi connectivity index (χ1) is 12.9. The minimum absolute atomic E-state index is 0.0291. The van der Waals surface area contributed by atoms with Gasteiger partial charge in [0.2, 0.25) is 5.91 Å². The number of rotatable bonds is 5. The second-order valence-electron chi connectivity index (χ2n) is 6.51. The van der Waals surface area contributed by atoms with E-state index in [1.165, 1.54) is 30.5 Å². The van der Waals surface area contributed by atoms with Gasteiger partial charge in [0.1, 0.15) is 17.0 Å². The lowest BCUT2D eigenvalue weighted by Gasteiger charge is -2.26. The Kier molecular flexibility index (Phi) is 5.95. The Morgan fingerprint density at radius 1 is 1.11 bits per heavy atom. The van der Waals surface area contributed by atoms with E-state index in [2.05, 4.69) is 9.97 Å². The van der Waals surface area contributed by atoms with E-state index >= 15 is 0 Å². The van der Waals surface area contributed by atoms with Crippen LogP contribution in [0.25, 0.3) is 11.0 Å². The predicted octanol–water partition coefficient (Wildman–Crippen LogP) is 0.278. The third kappa shape index (κ3) is 3.91. The van der Waals surface area contributed by atoms with Gasteiger partial charge in [-0.15, -0.1) is 0 Å². The minimum Gasteiger partial charge on any atom is -0.377 e. The van der Waals surface area contributed by atoms with Gasteiger partial charge in [-0.05, 0) is 19.3 Å². The molecule has 3 rings (SSSR count). The number of amides is 1. The molecule has 1 saturated heterocycles. The largest absolute Gasteiger partial charge is 0.377 e. The van der Waals surface area contributed by atoms with Crippen LogP contribution in [0.1, 0.15) is 25.1 Å². The fourth-order valence-corrected chi connectivity index (χ4v) is 4.07.